The minimum Gasteiger partial charge on any atom is -0.467 e. The summed E-state index contributed by atoms with van der Waals surface area (Å²) in [5, 5.41) is 0. The van der Waals surface area contributed by atoms with Crippen LogP contribution in [-0.2, 0) is 11.3 Å². The van der Waals surface area contributed by atoms with Crippen molar-refractivity contribution in [2.45, 2.75) is 45.2 Å². The molecule has 1 amide bonds. The van der Waals surface area contributed by atoms with Gasteiger partial charge in [0.25, 0.3) is 5.91 Å². The number of furan rings is 1. The van der Waals surface area contributed by atoms with Gasteiger partial charge in [0.15, 0.2) is 0 Å². The Labute approximate surface area is 166 Å². The number of ether oxygens (including phenoxy) is 1. The molecule has 0 N–H and O–H groups in total. The van der Waals surface area contributed by atoms with Gasteiger partial charge in [-0.05, 0) is 32.8 Å². The minimum atomic E-state index is 0.0596. The number of likely N-dealkylation sites (tertiary alicyclic amines) is 1. The van der Waals surface area contributed by atoms with Gasteiger partial charge in [-0.2, -0.15) is 0 Å². The third-order valence-corrected chi connectivity index (χ3v) is 5.71. The molecule has 0 radical (unpaired) electrons. The predicted octanol–water partition coefficient (Wildman–Crippen LogP) is 2.91. The first kappa shape index (κ1) is 19.2. The van der Waals surface area contributed by atoms with E-state index in [1.807, 2.05) is 23.4 Å². The molecule has 0 aliphatic carbocycles. The van der Waals surface area contributed by atoms with E-state index in [0.29, 0.717) is 18.2 Å². The van der Waals surface area contributed by atoms with E-state index in [9.17, 15) is 4.79 Å². The Balaban J connectivity index is 1.41. The third kappa shape index (κ3) is 4.15. The molecule has 7 heteroatoms. The van der Waals surface area contributed by atoms with Gasteiger partial charge in [0.1, 0.15) is 17.8 Å². The number of carbonyl (C=O) groups excluding carboxylic acids is 1. The molecule has 2 aliphatic heterocycles. The number of amides is 1. The molecule has 2 saturated heterocycles. The van der Waals surface area contributed by atoms with E-state index >= 15 is 0 Å². The molecule has 28 heavy (non-hydrogen) atoms. The van der Waals surface area contributed by atoms with Crippen molar-refractivity contribution < 1.29 is 13.9 Å². The van der Waals surface area contributed by atoms with Crippen LogP contribution in [-0.4, -0.2) is 64.7 Å². The topological polar surface area (TPSA) is 63.7 Å². The number of aromatic nitrogens is 2. The summed E-state index contributed by atoms with van der Waals surface area (Å²) < 4.78 is 13.3. The zero-order valence-corrected chi connectivity index (χ0v) is 16.8. The molecule has 4 heterocycles. The molecule has 2 fully saturated rings. The second-order valence-corrected chi connectivity index (χ2v) is 8.07. The Morgan fingerprint density at radius 1 is 1.29 bits per heavy atom. The average molecular weight is 386 g/mol. The fourth-order valence-electron chi connectivity index (χ4n) is 4.19. The molecular weight excluding hydrogens is 356 g/mol. The Morgan fingerprint density at radius 2 is 2.11 bits per heavy atom. The lowest BCUT2D eigenvalue weighted by molar-refractivity contribution is 0.0313. The fraction of sp³-hybridized carbons (Fsp3) is 0.619. The highest BCUT2D eigenvalue weighted by Crippen LogP contribution is 2.28. The number of hydrogen-bond acceptors (Lipinski definition) is 5. The maximum Gasteiger partial charge on any atom is 0.257 e. The number of hydrogen-bond donors (Lipinski definition) is 0. The standard InChI is InChI=1S/C21H30N4O3/c1-16(2)25-7-5-22-20(25)17-4-3-6-24(13-17)21(26)18-12-19(28-15-18)14-23-8-10-27-11-9-23/h5,7,12,15-17H,3-4,6,8-11,13-14H2,1-2H3. The zero-order valence-electron chi connectivity index (χ0n) is 16.8. The van der Waals surface area contributed by atoms with Crippen molar-refractivity contribution in [3.63, 3.8) is 0 Å². The monoisotopic (exact) mass is 386 g/mol. The fourth-order valence-corrected chi connectivity index (χ4v) is 4.19. The Hall–Kier alpha value is -2.12. The van der Waals surface area contributed by atoms with E-state index < -0.39 is 0 Å². The minimum absolute atomic E-state index is 0.0596. The summed E-state index contributed by atoms with van der Waals surface area (Å²) in [6.07, 6.45) is 7.58. The third-order valence-electron chi connectivity index (χ3n) is 5.71. The second kappa shape index (κ2) is 8.49. The maximum absolute atomic E-state index is 13.0. The van der Waals surface area contributed by atoms with Crippen molar-refractivity contribution >= 4 is 5.91 Å². The van der Waals surface area contributed by atoms with Crippen molar-refractivity contribution in [2.24, 2.45) is 0 Å². The first-order valence-electron chi connectivity index (χ1n) is 10.3. The van der Waals surface area contributed by atoms with Crippen LogP contribution in [0.5, 0.6) is 0 Å². The number of nitrogens with zero attached hydrogens (tertiary/aromatic N) is 4. The van der Waals surface area contributed by atoms with Gasteiger partial charge in [0, 0.05) is 50.5 Å². The first-order chi connectivity index (χ1) is 13.6. The van der Waals surface area contributed by atoms with Gasteiger partial charge in [-0.3, -0.25) is 9.69 Å². The average Bonchev–Trinajstić information content (AvgIpc) is 3.38. The van der Waals surface area contributed by atoms with Crippen molar-refractivity contribution in [1.82, 2.24) is 19.4 Å². The van der Waals surface area contributed by atoms with Gasteiger partial charge in [-0.25, -0.2) is 4.98 Å². The van der Waals surface area contributed by atoms with Crippen LogP contribution in [0, 0.1) is 0 Å². The number of morpholine rings is 1. The van der Waals surface area contributed by atoms with Gasteiger partial charge in [0.2, 0.25) is 0 Å². The van der Waals surface area contributed by atoms with Gasteiger partial charge in [-0.15, -0.1) is 0 Å². The van der Waals surface area contributed by atoms with E-state index in [2.05, 4.69) is 28.3 Å². The SMILES string of the molecule is CC(C)n1ccnc1C1CCCN(C(=O)c2coc(CN3CCOCC3)c2)C1. The molecule has 152 valence electrons. The largest absolute Gasteiger partial charge is 0.467 e. The molecule has 0 aromatic carbocycles. The summed E-state index contributed by atoms with van der Waals surface area (Å²) in [5.74, 6) is 2.28. The van der Waals surface area contributed by atoms with E-state index in [1.54, 1.807) is 6.26 Å². The van der Waals surface area contributed by atoms with Crippen LogP contribution < -0.4 is 0 Å². The van der Waals surface area contributed by atoms with Gasteiger partial charge in [-0.1, -0.05) is 0 Å². The van der Waals surface area contributed by atoms with Crippen molar-refractivity contribution in [1.29, 1.82) is 0 Å². The van der Waals surface area contributed by atoms with Crippen molar-refractivity contribution in [3.05, 3.63) is 41.9 Å². The summed E-state index contributed by atoms with van der Waals surface area (Å²) in [4.78, 5) is 21.9. The van der Waals surface area contributed by atoms with E-state index in [4.69, 9.17) is 9.15 Å². The maximum atomic E-state index is 13.0. The van der Waals surface area contributed by atoms with Crippen molar-refractivity contribution in [3.8, 4) is 0 Å². The van der Waals surface area contributed by atoms with Crippen LogP contribution in [0.15, 0.2) is 29.1 Å². The Bertz CT molecular complexity index is 791. The molecule has 0 spiro atoms. The summed E-state index contributed by atoms with van der Waals surface area (Å²) in [6, 6.07) is 2.27. The second-order valence-electron chi connectivity index (χ2n) is 8.07. The highest BCUT2D eigenvalue weighted by atomic mass is 16.5. The summed E-state index contributed by atoms with van der Waals surface area (Å²) in [7, 11) is 0. The highest BCUT2D eigenvalue weighted by molar-refractivity contribution is 5.94. The van der Waals surface area contributed by atoms with Crippen LogP contribution in [0.3, 0.4) is 0 Å². The lowest BCUT2D eigenvalue weighted by Crippen LogP contribution is -2.39. The van der Waals surface area contributed by atoms with Gasteiger partial charge >= 0.3 is 0 Å². The van der Waals surface area contributed by atoms with E-state index in [-0.39, 0.29) is 11.8 Å². The molecular formula is C21H30N4O3. The predicted molar refractivity (Wildman–Crippen MR) is 105 cm³/mol. The molecule has 1 unspecified atom stereocenters. The quantitative estimate of drug-likeness (QED) is 0.791. The number of rotatable bonds is 5. The molecule has 4 rings (SSSR count). The Morgan fingerprint density at radius 3 is 2.89 bits per heavy atom. The summed E-state index contributed by atoms with van der Waals surface area (Å²) in [6.45, 7) is 9.89. The number of carbonyl (C=O) groups is 1. The first-order valence-corrected chi connectivity index (χ1v) is 10.3. The molecule has 2 aromatic heterocycles. The van der Waals surface area contributed by atoms with Crippen LogP contribution in [0.2, 0.25) is 0 Å². The molecule has 7 nitrogen and oxygen atoms in total. The van der Waals surface area contributed by atoms with Crippen LogP contribution in [0.4, 0.5) is 0 Å². The Kier molecular flexibility index (Phi) is 5.82. The van der Waals surface area contributed by atoms with Crippen LogP contribution in [0.1, 0.15) is 60.6 Å². The molecule has 1 atom stereocenters. The summed E-state index contributed by atoms with van der Waals surface area (Å²) >= 11 is 0. The van der Waals surface area contributed by atoms with Gasteiger partial charge < -0.3 is 18.6 Å². The van der Waals surface area contributed by atoms with Crippen LogP contribution in [0.25, 0.3) is 0 Å². The van der Waals surface area contributed by atoms with Crippen molar-refractivity contribution in [2.75, 3.05) is 39.4 Å². The van der Waals surface area contributed by atoms with E-state index in [0.717, 1.165) is 63.8 Å². The van der Waals surface area contributed by atoms with E-state index in [1.165, 1.54) is 0 Å². The van der Waals surface area contributed by atoms with Crippen LogP contribution >= 0.6 is 0 Å². The zero-order chi connectivity index (χ0) is 19.5. The number of imidazole rings is 1. The molecule has 0 bridgehead atoms. The summed E-state index contributed by atoms with van der Waals surface area (Å²) in [5.41, 5.74) is 0.649. The van der Waals surface area contributed by atoms with Gasteiger partial charge in [0.05, 0.1) is 25.3 Å². The highest BCUT2D eigenvalue weighted by Gasteiger charge is 2.29. The molecule has 2 aromatic rings. The number of piperidine rings is 1. The molecule has 0 saturated carbocycles. The molecule has 2 aliphatic rings. The smallest absolute Gasteiger partial charge is 0.257 e. The lowest BCUT2D eigenvalue weighted by atomic mass is 9.96. The lowest BCUT2D eigenvalue weighted by Gasteiger charge is -2.33. The normalized spacial score (nSPS) is 21.4.